The van der Waals surface area contributed by atoms with Crippen molar-refractivity contribution in [2.75, 3.05) is 0 Å². The van der Waals surface area contributed by atoms with Crippen LogP contribution in [0.4, 0.5) is 0 Å². The summed E-state index contributed by atoms with van der Waals surface area (Å²) < 4.78 is 0. The fourth-order valence-corrected chi connectivity index (χ4v) is 1.98. The van der Waals surface area contributed by atoms with Crippen molar-refractivity contribution in [3.63, 3.8) is 0 Å². The van der Waals surface area contributed by atoms with E-state index in [-0.39, 0.29) is 0 Å². The highest BCUT2D eigenvalue weighted by Crippen LogP contribution is 2.21. The SMILES string of the molecule is Cc1ccc(-c2cccc(-c3ccccc3)n2)cn1. The lowest BCUT2D eigenvalue weighted by Gasteiger charge is -2.05. The zero-order chi connectivity index (χ0) is 13.1. The van der Waals surface area contributed by atoms with Gasteiger partial charge in [-0.1, -0.05) is 36.4 Å². The number of pyridine rings is 2. The molecule has 0 atom stereocenters. The van der Waals surface area contributed by atoms with Crippen molar-refractivity contribution in [2.45, 2.75) is 6.92 Å². The molecule has 2 aromatic heterocycles. The average molecular weight is 246 g/mol. The number of hydrogen-bond acceptors (Lipinski definition) is 2. The Morgan fingerprint density at radius 2 is 1.42 bits per heavy atom. The topological polar surface area (TPSA) is 25.8 Å². The molecule has 0 aliphatic heterocycles. The summed E-state index contributed by atoms with van der Waals surface area (Å²) in [6.45, 7) is 1.98. The Kier molecular flexibility index (Phi) is 3.07. The first-order chi connectivity index (χ1) is 9.33. The molecule has 1 aromatic carbocycles. The molecule has 0 saturated heterocycles. The van der Waals surface area contributed by atoms with E-state index in [1.54, 1.807) is 0 Å². The molecule has 0 aliphatic rings. The first-order valence-corrected chi connectivity index (χ1v) is 6.28. The van der Waals surface area contributed by atoms with E-state index in [9.17, 15) is 0 Å². The molecule has 19 heavy (non-hydrogen) atoms. The fraction of sp³-hybridized carbons (Fsp3) is 0.0588. The largest absolute Gasteiger partial charge is 0.261 e. The van der Waals surface area contributed by atoms with Crippen LogP contribution >= 0.6 is 0 Å². The van der Waals surface area contributed by atoms with Gasteiger partial charge in [-0.15, -0.1) is 0 Å². The maximum atomic E-state index is 4.70. The van der Waals surface area contributed by atoms with Crippen LogP contribution in [-0.4, -0.2) is 9.97 Å². The van der Waals surface area contributed by atoms with Crippen LogP contribution in [-0.2, 0) is 0 Å². The number of benzene rings is 1. The molecule has 0 bridgehead atoms. The quantitative estimate of drug-likeness (QED) is 0.679. The minimum Gasteiger partial charge on any atom is -0.261 e. The molecule has 3 rings (SSSR count). The fourth-order valence-electron chi connectivity index (χ4n) is 1.98. The second kappa shape index (κ2) is 5.02. The molecule has 0 radical (unpaired) electrons. The minimum atomic E-state index is 0.953. The van der Waals surface area contributed by atoms with Crippen molar-refractivity contribution >= 4 is 0 Å². The van der Waals surface area contributed by atoms with Gasteiger partial charge in [-0.05, 0) is 31.2 Å². The van der Waals surface area contributed by atoms with Crippen molar-refractivity contribution < 1.29 is 0 Å². The second-order valence-electron chi connectivity index (χ2n) is 4.46. The van der Waals surface area contributed by atoms with Crippen LogP contribution in [0.1, 0.15) is 5.69 Å². The molecule has 2 heterocycles. The number of aryl methyl sites for hydroxylation is 1. The number of aromatic nitrogens is 2. The van der Waals surface area contributed by atoms with Gasteiger partial charge in [0.1, 0.15) is 0 Å². The molecule has 0 N–H and O–H groups in total. The predicted octanol–water partition coefficient (Wildman–Crippen LogP) is 4.12. The van der Waals surface area contributed by atoms with E-state index in [4.69, 9.17) is 4.98 Å². The average Bonchev–Trinajstić information content (AvgIpc) is 2.49. The summed E-state index contributed by atoms with van der Waals surface area (Å²) in [6, 6.07) is 20.3. The standard InChI is InChI=1S/C17H14N2/c1-13-10-11-15(12-18-13)17-9-5-8-16(19-17)14-6-3-2-4-7-14/h2-12H,1H3. The molecular formula is C17H14N2. The third-order valence-corrected chi connectivity index (χ3v) is 3.03. The Hall–Kier alpha value is -2.48. The van der Waals surface area contributed by atoms with Crippen LogP contribution in [0.15, 0.2) is 66.9 Å². The summed E-state index contributed by atoms with van der Waals surface area (Å²) in [5.74, 6) is 0. The molecule has 0 unspecified atom stereocenters. The molecule has 0 spiro atoms. The van der Waals surface area contributed by atoms with Crippen molar-refractivity contribution in [3.8, 4) is 22.5 Å². The van der Waals surface area contributed by atoms with Gasteiger partial charge in [-0.2, -0.15) is 0 Å². The molecular weight excluding hydrogens is 232 g/mol. The number of rotatable bonds is 2. The lowest BCUT2D eigenvalue weighted by Crippen LogP contribution is -1.89. The highest BCUT2D eigenvalue weighted by molar-refractivity contribution is 5.65. The van der Waals surface area contributed by atoms with E-state index in [1.807, 2.05) is 55.6 Å². The normalized spacial score (nSPS) is 10.4. The van der Waals surface area contributed by atoms with Gasteiger partial charge in [-0.25, -0.2) is 4.98 Å². The Labute approximate surface area is 112 Å². The van der Waals surface area contributed by atoms with Crippen LogP contribution in [0.25, 0.3) is 22.5 Å². The molecule has 2 nitrogen and oxygen atoms in total. The minimum absolute atomic E-state index is 0.953. The van der Waals surface area contributed by atoms with E-state index >= 15 is 0 Å². The summed E-state index contributed by atoms with van der Waals surface area (Å²) in [5.41, 5.74) is 5.13. The Morgan fingerprint density at radius 1 is 0.684 bits per heavy atom. The van der Waals surface area contributed by atoms with Gasteiger partial charge in [0.25, 0.3) is 0 Å². The van der Waals surface area contributed by atoms with Gasteiger partial charge in [0.2, 0.25) is 0 Å². The summed E-state index contributed by atoms with van der Waals surface area (Å²) >= 11 is 0. The lowest BCUT2D eigenvalue weighted by atomic mass is 10.1. The van der Waals surface area contributed by atoms with E-state index < -0.39 is 0 Å². The molecule has 92 valence electrons. The third kappa shape index (κ3) is 2.52. The van der Waals surface area contributed by atoms with Crippen molar-refractivity contribution in [1.82, 2.24) is 9.97 Å². The molecule has 0 saturated carbocycles. The Balaban J connectivity index is 2.03. The number of hydrogen-bond donors (Lipinski definition) is 0. The smallest absolute Gasteiger partial charge is 0.0725 e. The Morgan fingerprint density at radius 3 is 2.11 bits per heavy atom. The molecule has 3 aromatic rings. The van der Waals surface area contributed by atoms with Gasteiger partial charge in [-0.3, -0.25) is 4.98 Å². The first kappa shape index (κ1) is 11.6. The molecule has 0 amide bonds. The highest BCUT2D eigenvalue weighted by atomic mass is 14.7. The predicted molar refractivity (Wildman–Crippen MR) is 77.6 cm³/mol. The van der Waals surface area contributed by atoms with Crippen LogP contribution in [0.2, 0.25) is 0 Å². The van der Waals surface area contributed by atoms with E-state index in [0.29, 0.717) is 0 Å². The van der Waals surface area contributed by atoms with E-state index in [1.165, 1.54) is 0 Å². The van der Waals surface area contributed by atoms with Crippen molar-refractivity contribution in [1.29, 1.82) is 0 Å². The number of nitrogens with zero attached hydrogens (tertiary/aromatic N) is 2. The molecule has 2 heteroatoms. The summed E-state index contributed by atoms with van der Waals surface area (Å²) in [5, 5.41) is 0. The van der Waals surface area contributed by atoms with Gasteiger partial charge in [0.05, 0.1) is 11.4 Å². The van der Waals surface area contributed by atoms with Crippen molar-refractivity contribution in [2.24, 2.45) is 0 Å². The Bertz CT molecular complexity index is 673. The van der Waals surface area contributed by atoms with E-state index in [0.717, 1.165) is 28.2 Å². The second-order valence-corrected chi connectivity index (χ2v) is 4.46. The zero-order valence-electron chi connectivity index (χ0n) is 10.7. The van der Waals surface area contributed by atoms with Gasteiger partial charge in [0.15, 0.2) is 0 Å². The maximum absolute atomic E-state index is 4.70. The monoisotopic (exact) mass is 246 g/mol. The molecule has 0 aliphatic carbocycles. The van der Waals surface area contributed by atoms with Crippen LogP contribution in [0, 0.1) is 6.92 Å². The molecule has 0 fully saturated rings. The van der Waals surface area contributed by atoms with Crippen LogP contribution in [0.5, 0.6) is 0 Å². The van der Waals surface area contributed by atoms with Gasteiger partial charge in [0, 0.05) is 23.0 Å². The maximum Gasteiger partial charge on any atom is 0.0725 e. The first-order valence-electron chi connectivity index (χ1n) is 6.28. The van der Waals surface area contributed by atoms with Crippen LogP contribution < -0.4 is 0 Å². The zero-order valence-corrected chi connectivity index (χ0v) is 10.7. The summed E-state index contributed by atoms with van der Waals surface area (Å²) in [7, 11) is 0. The summed E-state index contributed by atoms with van der Waals surface area (Å²) in [4.78, 5) is 9.02. The van der Waals surface area contributed by atoms with Crippen molar-refractivity contribution in [3.05, 3.63) is 72.6 Å². The van der Waals surface area contributed by atoms with Gasteiger partial charge >= 0.3 is 0 Å². The van der Waals surface area contributed by atoms with E-state index in [2.05, 4.69) is 23.2 Å². The third-order valence-electron chi connectivity index (χ3n) is 3.03. The lowest BCUT2D eigenvalue weighted by molar-refractivity contribution is 1.19. The summed E-state index contributed by atoms with van der Waals surface area (Å²) in [6.07, 6.45) is 1.87. The van der Waals surface area contributed by atoms with Crippen LogP contribution in [0.3, 0.4) is 0 Å². The highest BCUT2D eigenvalue weighted by Gasteiger charge is 2.03. The van der Waals surface area contributed by atoms with Gasteiger partial charge < -0.3 is 0 Å².